The van der Waals surface area contributed by atoms with E-state index >= 15 is 0 Å². The molecule has 0 aliphatic heterocycles. The number of para-hydroxylation sites is 1. The summed E-state index contributed by atoms with van der Waals surface area (Å²) in [6.07, 6.45) is 0.322. The predicted octanol–water partition coefficient (Wildman–Crippen LogP) is 2.30. The Morgan fingerprint density at radius 3 is 2.67 bits per heavy atom. The Morgan fingerprint density at radius 1 is 1.19 bits per heavy atom. The number of anilines is 1. The van der Waals surface area contributed by atoms with Crippen LogP contribution in [0.15, 0.2) is 53.5 Å². The Labute approximate surface area is 160 Å². The molecule has 0 saturated heterocycles. The number of pyridine rings is 1. The van der Waals surface area contributed by atoms with Crippen molar-refractivity contribution in [1.29, 1.82) is 0 Å². The number of benzene rings is 1. The van der Waals surface area contributed by atoms with Crippen LogP contribution in [0, 0.1) is 6.92 Å². The molecule has 7 nitrogen and oxygen atoms in total. The molecule has 0 spiro atoms. The molecule has 1 aromatic heterocycles. The van der Waals surface area contributed by atoms with Crippen LogP contribution in [0.2, 0.25) is 0 Å². The number of hydrogen-bond acceptors (Lipinski definition) is 4. The number of hydrogen-bond donors (Lipinski definition) is 2. The van der Waals surface area contributed by atoms with E-state index in [0.717, 1.165) is 11.4 Å². The third kappa shape index (κ3) is 7.35. The molecular weight excluding hydrogens is 342 g/mol. The highest BCUT2D eigenvalue weighted by Gasteiger charge is 2.08. The van der Waals surface area contributed by atoms with E-state index in [1.165, 1.54) is 0 Å². The summed E-state index contributed by atoms with van der Waals surface area (Å²) in [7, 11) is 3.65. The topological polar surface area (TPSA) is 78.8 Å². The standard InChI is InChI=1S/C20H27N5O2/c1-16-8-7-11-18(23-16)24-19(26)12-13-22-20(21-2)25(3)14-15-27-17-9-5-4-6-10-17/h4-11H,12-15H2,1-3H3,(H,21,22)(H,23,24,26). The number of nitrogens with one attached hydrogen (secondary N) is 2. The van der Waals surface area contributed by atoms with Gasteiger partial charge in [0.05, 0.1) is 6.54 Å². The lowest BCUT2D eigenvalue weighted by atomic mass is 10.3. The minimum atomic E-state index is -0.0916. The van der Waals surface area contributed by atoms with Crippen molar-refractivity contribution < 1.29 is 9.53 Å². The average Bonchev–Trinajstić information content (AvgIpc) is 2.66. The van der Waals surface area contributed by atoms with Crippen molar-refractivity contribution in [2.75, 3.05) is 39.1 Å². The highest BCUT2D eigenvalue weighted by atomic mass is 16.5. The second kappa shape index (κ2) is 10.8. The van der Waals surface area contributed by atoms with E-state index in [1.807, 2.05) is 61.3 Å². The Balaban J connectivity index is 1.68. The molecule has 0 unspecified atom stereocenters. The van der Waals surface area contributed by atoms with E-state index in [0.29, 0.717) is 37.9 Å². The highest BCUT2D eigenvalue weighted by molar-refractivity contribution is 5.90. The van der Waals surface area contributed by atoms with Crippen LogP contribution in [-0.2, 0) is 4.79 Å². The number of carbonyl (C=O) groups is 1. The summed E-state index contributed by atoms with van der Waals surface area (Å²) in [4.78, 5) is 22.5. The number of nitrogens with zero attached hydrogens (tertiary/aromatic N) is 3. The number of aromatic nitrogens is 1. The summed E-state index contributed by atoms with van der Waals surface area (Å²) >= 11 is 0. The number of guanidine groups is 1. The van der Waals surface area contributed by atoms with Gasteiger partial charge in [0.25, 0.3) is 0 Å². The Hall–Kier alpha value is -3.09. The van der Waals surface area contributed by atoms with Crippen molar-refractivity contribution in [3.8, 4) is 5.75 Å². The number of amides is 1. The van der Waals surface area contributed by atoms with Gasteiger partial charge >= 0.3 is 0 Å². The zero-order chi connectivity index (χ0) is 19.5. The maximum Gasteiger partial charge on any atom is 0.227 e. The fraction of sp³-hybridized carbons (Fsp3) is 0.350. The monoisotopic (exact) mass is 369 g/mol. The van der Waals surface area contributed by atoms with Crippen molar-refractivity contribution in [2.45, 2.75) is 13.3 Å². The number of ether oxygens (including phenoxy) is 1. The molecule has 1 aromatic carbocycles. The van der Waals surface area contributed by atoms with Gasteiger partial charge in [0.15, 0.2) is 5.96 Å². The molecule has 0 aliphatic rings. The molecule has 1 heterocycles. The molecule has 144 valence electrons. The maximum atomic E-state index is 12.0. The largest absolute Gasteiger partial charge is 0.492 e. The van der Waals surface area contributed by atoms with Gasteiger partial charge in [0.1, 0.15) is 18.2 Å². The Kier molecular flexibility index (Phi) is 8.09. The van der Waals surface area contributed by atoms with E-state index in [9.17, 15) is 4.79 Å². The van der Waals surface area contributed by atoms with Crippen LogP contribution in [-0.4, -0.2) is 55.5 Å². The number of rotatable bonds is 8. The quantitative estimate of drug-likeness (QED) is 0.551. The maximum absolute atomic E-state index is 12.0. The van der Waals surface area contributed by atoms with E-state index in [1.54, 1.807) is 13.1 Å². The van der Waals surface area contributed by atoms with E-state index in [4.69, 9.17) is 4.74 Å². The van der Waals surface area contributed by atoms with Gasteiger partial charge in [-0.05, 0) is 31.2 Å². The number of aliphatic imine (C=N–C) groups is 1. The summed E-state index contributed by atoms with van der Waals surface area (Å²) in [5, 5.41) is 5.98. The molecule has 2 rings (SSSR count). The van der Waals surface area contributed by atoms with Crippen LogP contribution in [0.1, 0.15) is 12.1 Å². The van der Waals surface area contributed by atoms with Crippen LogP contribution in [0.25, 0.3) is 0 Å². The second-order valence-electron chi connectivity index (χ2n) is 6.02. The first-order chi connectivity index (χ1) is 13.1. The van der Waals surface area contributed by atoms with Crippen LogP contribution in [0.3, 0.4) is 0 Å². The SMILES string of the molecule is CN=C(NCCC(=O)Nc1cccc(C)n1)N(C)CCOc1ccccc1. The van der Waals surface area contributed by atoms with Crippen molar-refractivity contribution in [2.24, 2.45) is 4.99 Å². The number of carbonyl (C=O) groups excluding carboxylic acids is 1. The summed E-state index contributed by atoms with van der Waals surface area (Å²) in [5.41, 5.74) is 0.866. The highest BCUT2D eigenvalue weighted by Crippen LogP contribution is 2.08. The number of likely N-dealkylation sites (N-methyl/N-ethyl adjacent to an activating group) is 1. The van der Waals surface area contributed by atoms with Crippen LogP contribution >= 0.6 is 0 Å². The van der Waals surface area contributed by atoms with Gasteiger partial charge in [-0.3, -0.25) is 9.79 Å². The number of aryl methyl sites for hydroxylation is 1. The van der Waals surface area contributed by atoms with Gasteiger partial charge < -0.3 is 20.3 Å². The summed E-state index contributed by atoms with van der Waals surface area (Å²) < 4.78 is 5.69. The van der Waals surface area contributed by atoms with Crippen molar-refractivity contribution in [3.05, 3.63) is 54.2 Å². The minimum Gasteiger partial charge on any atom is -0.492 e. The molecule has 0 radical (unpaired) electrons. The molecule has 7 heteroatoms. The Morgan fingerprint density at radius 2 is 1.96 bits per heavy atom. The molecule has 0 aliphatic carbocycles. The molecule has 0 atom stereocenters. The first kappa shape index (κ1) is 20.2. The third-order valence-electron chi connectivity index (χ3n) is 3.80. The lowest BCUT2D eigenvalue weighted by Gasteiger charge is -2.22. The lowest BCUT2D eigenvalue weighted by molar-refractivity contribution is -0.116. The van der Waals surface area contributed by atoms with Crippen molar-refractivity contribution in [1.82, 2.24) is 15.2 Å². The smallest absolute Gasteiger partial charge is 0.227 e. The zero-order valence-electron chi connectivity index (χ0n) is 16.1. The van der Waals surface area contributed by atoms with Gasteiger partial charge in [-0.1, -0.05) is 24.3 Å². The predicted molar refractivity (Wildman–Crippen MR) is 108 cm³/mol. The van der Waals surface area contributed by atoms with Gasteiger partial charge in [0, 0.05) is 32.8 Å². The first-order valence-corrected chi connectivity index (χ1v) is 8.91. The van der Waals surface area contributed by atoms with Gasteiger partial charge in [-0.25, -0.2) is 4.98 Å². The van der Waals surface area contributed by atoms with Crippen molar-refractivity contribution in [3.63, 3.8) is 0 Å². The lowest BCUT2D eigenvalue weighted by Crippen LogP contribution is -2.41. The minimum absolute atomic E-state index is 0.0916. The van der Waals surface area contributed by atoms with E-state index < -0.39 is 0 Å². The van der Waals surface area contributed by atoms with Crippen LogP contribution in [0.4, 0.5) is 5.82 Å². The Bertz CT molecular complexity index is 749. The van der Waals surface area contributed by atoms with E-state index in [2.05, 4.69) is 20.6 Å². The fourth-order valence-corrected chi connectivity index (χ4v) is 2.41. The van der Waals surface area contributed by atoms with Gasteiger partial charge in [-0.2, -0.15) is 0 Å². The molecular formula is C20H27N5O2. The normalized spacial score (nSPS) is 11.0. The summed E-state index contributed by atoms with van der Waals surface area (Å²) in [6, 6.07) is 15.2. The molecule has 0 saturated carbocycles. The van der Waals surface area contributed by atoms with Gasteiger partial charge in [-0.15, -0.1) is 0 Å². The van der Waals surface area contributed by atoms with Crippen molar-refractivity contribution >= 4 is 17.7 Å². The fourth-order valence-electron chi connectivity index (χ4n) is 2.41. The van der Waals surface area contributed by atoms with Crippen LogP contribution < -0.4 is 15.4 Å². The second-order valence-corrected chi connectivity index (χ2v) is 6.02. The van der Waals surface area contributed by atoms with Crippen LogP contribution in [0.5, 0.6) is 5.75 Å². The zero-order valence-corrected chi connectivity index (χ0v) is 16.1. The molecule has 0 fully saturated rings. The molecule has 2 N–H and O–H groups in total. The molecule has 0 bridgehead atoms. The van der Waals surface area contributed by atoms with Gasteiger partial charge in [0.2, 0.25) is 5.91 Å². The molecule has 2 aromatic rings. The summed E-state index contributed by atoms with van der Waals surface area (Å²) in [6.45, 7) is 3.58. The first-order valence-electron chi connectivity index (χ1n) is 8.91. The molecule has 27 heavy (non-hydrogen) atoms. The third-order valence-corrected chi connectivity index (χ3v) is 3.80. The van der Waals surface area contributed by atoms with E-state index in [-0.39, 0.29) is 5.91 Å². The molecule has 1 amide bonds. The summed E-state index contributed by atoms with van der Waals surface area (Å²) in [5.74, 6) is 2.04. The average molecular weight is 369 g/mol.